The summed E-state index contributed by atoms with van der Waals surface area (Å²) in [5.41, 5.74) is 2.12. The quantitative estimate of drug-likeness (QED) is 0.533. The van der Waals surface area contributed by atoms with Gasteiger partial charge in [0.1, 0.15) is 5.75 Å². The van der Waals surface area contributed by atoms with Crippen LogP contribution in [0.2, 0.25) is 5.02 Å². The normalized spacial score (nSPS) is 18.2. The molecule has 0 aliphatic carbocycles. The maximum atomic E-state index is 12.6. The monoisotopic (exact) mass is 514 g/mol. The van der Waals surface area contributed by atoms with E-state index in [1.54, 1.807) is 47.4 Å². The topological polar surface area (TPSA) is 100 Å². The van der Waals surface area contributed by atoms with Crippen LogP contribution in [-0.2, 0) is 19.1 Å². The third kappa shape index (κ3) is 6.75. The number of ether oxygens (including phenoxy) is 2. The first kappa shape index (κ1) is 25.9. The average Bonchev–Trinajstić information content (AvgIpc) is 3.28. The van der Waals surface area contributed by atoms with Gasteiger partial charge in [-0.3, -0.25) is 19.3 Å². The van der Waals surface area contributed by atoms with E-state index < -0.39 is 0 Å². The minimum atomic E-state index is -0.378. The number of carbonyl (C=O) groups is 3. The van der Waals surface area contributed by atoms with Crippen molar-refractivity contribution >= 4 is 40.7 Å². The molecule has 2 saturated heterocycles. The number of morpholine rings is 1. The van der Waals surface area contributed by atoms with Crippen LogP contribution < -0.4 is 20.3 Å². The van der Waals surface area contributed by atoms with Crippen molar-refractivity contribution in [3.63, 3.8) is 0 Å². The zero-order valence-corrected chi connectivity index (χ0v) is 21.1. The Labute approximate surface area is 215 Å². The first-order valence-electron chi connectivity index (χ1n) is 12.1. The van der Waals surface area contributed by atoms with E-state index in [-0.39, 0.29) is 36.7 Å². The lowest BCUT2D eigenvalue weighted by molar-refractivity contribution is -0.126. The van der Waals surface area contributed by atoms with Crippen molar-refractivity contribution in [1.82, 2.24) is 10.2 Å². The van der Waals surface area contributed by atoms with Crippen LogP contribution in [0.15, 0.2) is 42.5 Å². The third-order valence-corrected chi connectivity index (χ3v) is 6.80. The molecule has 0 radical (unpaired) electrons. The number of benzene rings is 2. The molecule has 2 aliphatic heterocycles. The molecule has 192 valence electrons. The second-order valence-corrected chi connectivity index (χ2v) is 9.30. The van der Waals surface area contributed by atoms with Crippen molar-refractivity contribution in [3.8, 4) is 5.75 Å². The molecule has 10 heteroatoms. The molecule has 1 atom stereocenters. The smallest absolute Gasteiger partial charge is 0.262 e. The molecule has 2 aromatic carbocycles. The average molecular weight is 515 g/mol. The summed E-state index contributed by atoms with van der Waals surface area (Å²) in [6, 6.07) is 12.2. The molecule has 3 amide bonds. The van der Waals surface area contributed by atoms with Crippen LogP contribution in [0.1, 0.15) is 12.0 Å². The van der Waals surface area contributed by atoms with E-state index >= 15 is 0 Å². The van der Waals surface area contributed by atoms with Gasteiger partial charge in [0.25, 0.3) is 5.91 Å². The number of rotatable bonds is 9. The van der Waals surface area contributed by atoms with Gasteiger partial charge in [0.2, 0.25) is 11.8 Å². The summed E-state index contributed by atoms with van der Waals surface area (Å²) in [6.07, 6.45) is 0.185. The summed E-state index contributed by atoms with van der Waals surface area (Å²) in [4.78, 5) is 41.3. The van der Waals surface area contributed by atoms with Gasteiger partial charge < -0.3 is 25.0 Å². The van der Waals surface area contributed by atoms with Gasteiger partial charge >= 0.3 is 0 Å². The second kappa shape index (κ2) is 12.2. The van der Waals surface area contributed by atoms with E-state index in [4.69, 9.17) is 21.1 Å². The molecule has 36 heavy (non-hydrogen) atoms. The van der Waals surface area contributed by atoms with Crippen LogP contribution in [0.3, 0.4) is 0 Å². The molecule has 0 saturated carbocycles. The zero-order chi connectivity index (χ0) is 25.5. The summed E-state index contributed by atoms with van der Waals surface area (Å²) in [5.74, 6) is -0.368. The number of anilines is 2. The van der Waals surface area contributed by atoms with Crippen LogP contribution in [0, 0.1) is 12.8 Å². The van der Waals surface area contributed by atoms with Crippen molar-refractivity contribution in [1.29, 1.82) is 0 Å². The van der Waals surface area contributed by atoms with Crippen LogP contribution in [0.25, 0.3) is 0 Å². The molecule has 2 N–H and O–H groups in total. The summed E-state index contributed by atoms with van der Waals surface area (Å²) < 4.78 is 10.9. The number of amides is 3. The van der Waals surface area contributed by atoms with E-state index in [0.29, 0.717) is 35.2 Å². The van der Waals surface area contributed by atoms with Crippen molar-refractivity contribution in [3.05, 3.63) is 53.1 Å². The minimum absolute atomic E-state index is 0.0896. The molecular formula is C26H31ClN4O5. The Morgan fingerprint density at radius 3 is 2.64 bits per heavy atom. The predicted octanol–water partition coefficient (Wildman–Crippen LogP) is 2.47. The van der Waals surface area contributed by atoms with Crippen LogP contribution in [-0.4, -0.2) is 75.2 Å². The van der Waals surface area contributed by atoms with Gasteiger partial charge in [-0.1, -0.05) is 17.7 Å². The van der Waals surface area contributed by atoms with E-state index in [2.05, 4.69) is 15.5 Å². The fraction of sp³-hybridized carbons (Fsp3) is 0.423. The molecule has 0 bridgehead atoms. The summed E-state index contributed by atoms with van der Waals surface area (Å²) >= 11 is 6.09. The van der Waals surface area contributed by atoms with Gasteiger partial charge in [0.05, 0.1) is 19.1 Å². The lowest BCUT2D eigenvalue weighted by Gasteiger charge is -2.26. The highest BCUT2D eigenvalue weighted by molar-refractivity contribution is 6.31. The van der Waals surface area contributed by atoms with E-state index in [1.807, 2.05) is 6.92 Å². The lowest BCUT2D eigenvalue weighted by atomic mass is 10.1. The van der Waals surface area contributed by atoms with Crippen LogP contribution in [0.5, 0.6) is 5.75 Å². The number of nitrogens with zero attached hydrogens (tertiary/aromatic N) is 2. The molecular weight excluding hydrogens is 484 g/mol. The van der Waals surface area contributed by atoms with Gasteiger partial charge in [0, 0.05) is 55.5 Å². The molecule has 9 nitrogen and oxygen atoms in total. The van der Waals surface area contributed by atoms with Crippen molar-refractivity contribution in [2.45, 2.75) is 13.3 Å². The fourth-order valence-corrected chi connectivity index (χ4v) is 4.41. The highest BCUT2D eigenvalue weighted by Gasteiger charge is 2.35. The number of hydrogen-bond donors (Lipinski definition) is 2. The second-order valence-electron chi connectivity index (χ2n) is 8.89. The first-order chi connectivity index (χ1) is 17.4. The lowest BCUT2D eigenvalue weighted by Crippen LogP contribution is -2.42. The van der Waals surface area contributed by atoms with E-state index in [9.17, 15) is 14.4 Å². The first-order valence-corrected chi connectivity index (χ1v) is 12.4. The molecule has 0 unspecified atom stereocenters. The van der Waals surface area contributed by atoms with E-state index in [0.717, 1.165) is 38.4 Å². The van der Waals surface area contributed by atoms with Crippen molar-refractivity contribution in [2.75, 3.05) is 62.8 Å². The largest absolute Gasteiger partial charge is 0.484 e. The molecule has 2 heterocycles. The van der Waals surface area contributed by atoms with Gasteiger partial charge in [0.15, 0.2) is 6.61 Å². The van der Waals surface area contributed by atoms with Crippen LogP contribution in [0.4, 0.5) is 11.4 Å². The molecule has 2 fully saturated rings. The Kier molecular flexibility index (Phi) is 8.79. The number of halogens is 1. The Morgan fingerprint density at radius 2 is 1.89 bits per heavy atom. The summed E-state index contributed by atoms with van der Waals surface area (Å²) in [5, 5.41) is 6.32. The Morgan fingerprint density at radius 1 is 1.14 bits per heavy atom. The van der Waals surface area contributed by atoms with Crippen molar-refractivity contribution in [2.24, 2.45) is 5.92 Å². The maximum Gasteiger partial charge on any atom is 0.262 e. The van der Waals surface area contributed by atoms with Crippen molar-refractivity contribution < 1.29 is 23.9 Å². The Balaban J connectivity index is 1.23. The number of carbonyl (C=O) groups excluding carboxylic acids is 3. The maximum absolute atomic E-state index is 12.6. The molecule has 2 aliphatic rings. The molecule has 0 aromatic heterocycles. The van der Waals surface area contributed by atoms with Gasteiger partial charge in [-0.05, 0) is 48.9 Å². The number of hydrogen-bond acceptors (Lipinski definition) is 6. The fourth-order valence-electron chi connectivity index (χ4n) is 4.24. The Bertz CT molecular complexity index is 1090. The van der Waals surface area contributed by atoms with Gasteiger partial charge in [-0.15, -0.1) is 0 Å². The van der Waals surface area contributed by atoms with Gasteiger partial charge in [-0.2, -0.15) is 0 Å². The number of nitrogens with one attached hydrogen (secondary N) is 2. The molecule has 2 aromatic rings. The highest BCUT2D eigenvalue weighted by atomic mass is 35.5. The molecule has 0 spiro atoms. The summed E-state index contributed by atoms with van der Waals surface area (Å²) in [7, 11) is 0. The van der Waals surface area contributed by atoms with E-state index in [1.165, 1.54) is 0 Å². The van der Waals surface area contributed by atoms with Crippen LogP contribution >= 0.6 is 11.6 Å². The predicted molar refractivity (Wildman–Crippen MR) is 137 cm³/mol. The third-order valence-electron chi connectivity index (χ3n) is 6.39. The SMILES string of the molecule is Cc1c(Cl)cccc1NC(=O)COc1ccc(N2C[C@@H](C(=O)NCCN3CCOCC3)CC2=O)cc1. The summed E-state index contributed by atoms with van der Waals surface area (Å²) in [6.45, 7) is 6.52. The zero-order valence-electron chi connectivity index (χ0n) is 20.3. The standard InChI is InChI=1S/C26H31ClN4O5/c1-18-22(27)3-2-4-23(18)29-24(32)17-36-21-7-5-20(6-8-21)31-16-19(15-25(31)33)26(34)28-9-10-30-11-13-35-14-12-30/h2-8,19H,9-17H2,1H3,(H,28,34)(H,29,32)/t19-/m0/s1. The van der Waals surface area contributed by atoms with Gasteiger partial charge in [-0.25, -0.2) is 0 Å². The Hall–Kier alpha value is -3.14. The minimum Gasteiger partial charge on any atom is -0.484 e. The highest BCUT2D eigenvalue weighted by Crippen LogP contribution is 2.27. The molecule has 4 rings (SSSR count).